The summed E-state index contributed by atoms with van der Waals surface area (Å²) in [4.78, 5) is 19.6. The van der Waals surface area contributed by atoms with Crippen molar-refractivity contribution in [1.29, 1.82) is 0 Å². The van der Waals surface area contributed by atoms with Gasteiger partial charge < -0.3 is 15.1 Å². The predicted octanol–water partition coefficient (Wildman–Crippen LogP) is 1.58. The highest BCUT2D eigenvalue weighted by molar-refractivity contribution is 6.39. The van der Waals surface area contributed by atoms with Crippen LogP contribution in [0.3, 0.4) is 0 Å². The van der Waals surface area contributed by atoms with Gasteiger partial charge in [-0.3, -0.25) is 4.79 Å². The third-order valence-electron chi connectivity index (χ3n) is 3.90. The zero-order valence-corrected chi connectivity index (χ0v) is 12.9. The van der Waals surface area contributed by atoms with Crippen molar-refractivity contribution >= 4 is 24.0 Å². The molecule has 1 N–H and O–H groups in total. The molecule has 0 aliphatic carbocycles. The first kappa shape index (κ1) is 15.8. The number of oxime groups is 1. The molecule has 1 unspecified atom stereocenters. The van der Waals surface area contributed by atoms with E-state index in [2.05, 4.69) is 10.5 Å². The van der Waals surface area contributed by atoms with Gasteiger partial charge in [-0.05, 0) is 12.1 Å². The lowest BCUT2D eigenvalue weighted by Crippen LogP contribution is -2.36. The van der Waals surface area contributed by atoms with Crippen LogP contribution in [-0.2, 0) is 16.2 Å². The highest BCUT2D eigenvalue weighted by Gasteiger charge is 2.44. The molecule has 1 saturated heterocycles. The van der Waals surface area contributed by atoms with Crippen LogP contribution >= 0.6 is 12.4 Å². The van der Waals surface area contributed by atoms with Crippen LogP contribution in [0.1, 0.15) is 18.4 Å². The first-order chi connectivity index (χ1) is 9.69. The molecule has 114 valence electrons. The number of carbonyl (C=O) groups is 1. The summed E-state index contributed by atoms with van der Waals surface area (Å²) in [5.41, 5.74) is 1.37. The third-order valence-corrected chi connectivity index (χ3v) is 3.90. The number of halogens is 1. The fraction of sp³-hybridized carbons (Fsp3) is 0.467. The van der Waals surface area contributed by atoms with Gasteiger partial charge in [0.05, 0.1) is 0 Å². The summed E-state index contributed by atoms with van der Waals surface area (Å²) >= 11 is 0. The molecule has 0 bridgehead atoms. The van der Waals surface area contributed by atoms with E-state index in [1.165, 1.54) is 0 Å². The normalized spacial score (nSPS) is 23.4. The maximum Gasteiger partial charge on any atom is 0.271 e. The van der Waals surface area contributed by atoms with Gasteiger partial charge >= 0.3 is 0 Å². The Kier molecular flexibility index (Phi) is 4.85. The van der Waals surface area contributed by atoms with Crippen LogP contribution in [0.15, 0.2) is 35.5 Å². The van der Waals surface area contributed by atoms with Gasteiger partial charge in [0.2, 0.25) is 0 Å². The van der Waals surface area contributed by atoms with Crippen molar-refractivity contribution < 1.29 is 9.63 Å². The minimum absolute atomic E-state index is 0. The number of hydrogen-bond acceptors (Lipinski definition) is 4. The Morgan fingerprint density at radius 1 is 1.43 bits per heavy atom. The van der Waals surface area contributed by atoms with E-state index < -0.39 is 0 Å². The highest BCUT2D eigenvalue weighted by atomic mass is 35.5. The number of nitrogens with zero attached hydrogens (tertiary/aromatic N) is 2. The molecule has 0 aromatic heterocycles. The second-order valence-electron chi connectivity index (χ2n) is 5.56. The Labute approximate surface area is 130 Å². The van der Waals surface area contributed by atoms with Gasteiger partial charge in [-0.15, -0.1) is 12.4 Å². The lowest BCUT2D eigenvalue weighted by Gasteiger charge is -2.19. The number of nitrogens with one attached hydrogen (secondary N) is 1. The molecule has 5 nitrogen and oxygen atoms in total. The first-order valence-electron chi connectivity index (χ1n) is 6.94. The second kappa shape index (κ2) is 6.45. The molecule has 1 spiro atoms. The number of hydrogen-bond donors (Lipinski definition) is 1. The van der Waals surface area contributed by atoms with E-state index in [9.17, 15) is 4.79 Å². The van der Waals surface area contributed by atoms with Crippen molar-refractivity contribution in [3.8, 4) is 0 Å². The molecule has 1 aromatic rings. The number of rotatable bonds is 3. The largest absolute Gasteiger partial charge is 0.387 e. The average molecular weight is 310 g/mol. The molecule has 1 amide bonds. The van der Waals surface area contributed by atoms with Gasteiger partial charge in [0.1, 0.15) is 5.71 Å². The quantitative estimate of drug-likeness (QED) is 0.922. The van der Waals surface area contributed by atoms with E-state index in [0.29, 0.717) is 18.7 Å². The Balaban J connectivity index is 0.00000161. The summed E-state index contributed by atoms with van der Waals surface area (Å²) in [5, 5.41) is 7.28. The van der Waals surface area contributed by atoms with E-state index >= 15 is 0 Å². The van der Waals surface area contributed by atoms with Gasteiger partial charge in [0, 0.05) is 33.0 Å². The smallest absolute Gasteiger partial charge is 0.271 e. The minimum atomic E-state index is -0.279. The van der Waals surface area contributed by atoms with Gasteiger partial charge in [-0.25, -0.2) is 0 Å². The van der Waals surface area contributed by atoms with Crippen LogP contribution in [0, 0.1) is 0 Å². The number of amides is 1. The van der Waals surface area contributed by atoms with Crippen LogP contribution in [0.25, 0.3) is 0 Å². The van der Waals surface area contributed by atoms with E-state index in [4.69, 9.17) is 4.84 Å². The van der Waals surface area contributed by atoms with Crippen LogP contribution in [-0.4, -0.2) is 42.3 Å². The summed E-state index contributed by atoms with van der Waals surface area (Å²) < 4.78 is 0. The molecule has 1 atom stereocenters. The van der Waals surface area contributed by atoms with Crippen molar-refractivity contribution in [3.63, 3.8) is 0 Å². The fourth-order valence-corrected chi connectivity index (χ4v) is 2.74. The Morgan fingerprint density at radius 3 is 2.86 bits per heavy atom. The molecule has 1 fully saturated rings. The molecule has 6 heteroatoms. The topological polar surface area (TPSA) is 53.9 Å². The van der Waals surface area contributed by atoms with Gasteiger partial charge in [0.15, 0.2) is 5.60 Å². The van der Waals surface area contributed by atoms with E-state index in [1.54, 1.807) is 11.9 Å². The zero-order valence-electron chi connectivity index (χ0n) is 12.0. The maximum absolute atomic E-state index is 12.4. The molecule has 2 aliphatic rings. The van der Waals surface area contributed by atoms with Crippen LogP contribution in [0.5, 0.6) is 0 Å². The lowest BCUT2D eigenvalue weighted by molar-refractivity contribution is -0.123. The Morgan fingerprint density at radius 2 is 2.19 bits per heavy atom. The van der Waals surface area contributed by atoms with Crippen molar-refractivity contribution in [2.24, 2.45) is 5.16 Å². The van der Waals surface area contributed by atoms with Crippen LogP contribution < -0.4 is 5.32 Å². The molecular weight excluding hydrogens is 290 g/mol. The average Bonchev–Trinajstić information content (AvgIpc) is 3.10. The van der Waals surface area contributed by atoms with Crippen molar-refractivity contribution in [2.45, 2.75) is 25.0 Å². The predicted molar refractivity (Wildman–Crippen MR) is 83.5 cm³/mol. The highest BCUT2D eigenvalue weighted by Crippen LogP contribution is 2.30. The Hall–Kier alpha value is -1.59. The van der Waals surface area contributed by atoms with Gasteiger partial charge in [0.25, 0.3) is 5.91 Å². The summed E-state index contributed by atoms with van der Waals surface area (Å²) in [6.07, 6.45) is 1.52. The molecule has 2 aliphatic heterocycles. The number of carbonyl (C=O) groups excluding carboxylic acids is 1. The summed E-state index contributed by atoms with van der Waals surface area (Å²) in [5.74, 6) is -0.0439. The molecule has 0 saturated carbocycles. The zero-order chi connectivity index (χ0) is 14.0. The number of benzene rings is 1. The fourth-order valence-electron chi connectivity index (χ4n) is 2.74. The van der Waals surface area contributed by atoms with Crippen LogP contribution in [0.2, 0.25) is 0 Å². The van der Waals surface area contributed by atoms with Crippen molar-refractivity contribution in [2.75, 3.05) is 20.1 Å². The van der Waals surface area contributed by atoms with Gasteiger partial charge in [-0.1, -0.05) is 35.5 Å². The molecule has 3 rings (SSSR count). The van der Waals surface area contributed by atoms with Crippen molar-refractivity contribution in [1.82, 2.24) is 10.2 Å². The molecule has 2 heterocycles. The van der Waals surface area contributed by atoms with E-state index in [1.807, 2.05) is 30.3 Å². The van der Waals surface area contributed by atoms with Crippen molar-refractivity contribution in [3.05, 3.63) is 35.9 Å². The summed E-state index contributed by atoms with van der Waals surface area (Å²) in [6.45, 7) is 2.29. The lowest BCUT2D eigenvalue weighted by atomic mass is 9.96. The first-order valence-corrected chi connectivity index (χ1v) is 6.94. The third kappa shape index (κ3) is 3.36. The SMILES string of the molecule is CN(Cc1ccccc1)C(=O)C1=NOC2(CCNC2)C1.Cl. The van der Waals surface area contributed by atoms with Crippen LogP contribution in [0.4, 0.5) is 0 Å². The monoisotopic (exact) mass is 309 g/mol. The molecule has 0 radical (unpaired) electrons. The van der Waals surface area contributed by atoms with E-state index in [0.717, 1.165) is 25.1 Å². The van der Waals surface area contributed by atoms with Gasteiger partial charge in [-0.2, -0.15) is 0 Å². The molecule has 21 heavy (non-hydrogen) atoms. The van der Waals surface area contributed by atoms with E-state index in [-0.39, 0.29) is 23.9 Å². The molecule has 1 aromatic carbocycles. The standard InChI is InChI=1S/C15H19N3O2.ClH/c1-18(10-12-5-3-2-4-6-12)14(19)13-9-15(20-17-13)7-8-16-11-15;/h2-6,16H,7-11H2,1H3;1H. The maximum atomic E-state index is 12.4. The molecular formula is C15H20ClN3O2. The minimum Gasteiger partial charge on any atom is -0.387 e. The summed E-state index contributed by atoms with van der Waals surface area (Å²) in [7, 11) is 1.80. The summed E-state index contributed by atoms with van der Waals surface area (Å²) in [6, 6.07) is 9.95. The second-order valence-corrected chi connectivity index (χ2v) is 5.56. The Bertz CT molecular complexity index is 527.